The van der Waals surface area contributed by atoms with Crippen LogP contribution in [0.15, 0.2) is 24.3 Å². The number of nitrogens with one attached hydrogen (secondary N) is 2. The lowest BCUT2D eigenvalue weighted by atomic mass is 10.0. The van der Waals surface area contributed by atoms with E-state index in [0.717, 1.165) is 19.4 Å². The normalized spacial score (nSPS) is 20.3. The molecule has 8 heteroatoms. The van der Waals surface area contributed by atoms with Gasteiger partial charge in [-0.25, -0.2) is 0 Å². The number of piperazine rings is 1. The number of carbonyl (C=O) groups is 3. The van der Waals surface area contributed by atoms with Gasteiger partial charge < -0.3 is 20.4 Å². The number of benzene rings is 1. The van der Waals surface area contributed by atoms with Gasteiger partial charge in [0.1, 0.15) is 0 Å². The first-order valence-electron chi connectivity index (χ1n) is 8.71. The molecule has 0 bridgehead atoms. The number of likely N-dealkylation sites (tertiary alicyclic amines) is 1. The van der Waals surface area contributed by atoms with Crippen LogP contribution < -0.4 is 10.6 Å². The van der Waals surface area contributed by atoms with Crippen LogP contribution in [0.1, 0.15) is 33.6 Å². The van der Waals surface area contributed by atoms with Gasteiger partial charge >= 0.3 is 0 Å². The molecule has 0 spiro atoms. The summed E-state index contributed by atoms with van der Waals surface area (Å²) in [7, 11) is 1.57. The number of hydrogen-bond acceptors (Lipinski definition) is 4. The van der Waals surface area contributed by atoms with E-state index in [1.54, 1.807) is 36.2 Å². The zero-order valence-electron chi connectivity index (χ0n) is 14.9. The van der Waals surface area contributed by atoms with Crippen LogP contribution in [0.25, 0.3) is 0 Å². The molecule has 26 heavy (non-hydrogen) atoms. The monoisotopic (exact) mass is 380 g/mol. The van der Waals surface area contributed by atoms with Crippen molar-refractivity contribution in [2.75, 3.05) is 39.8 Å². The third-order valence-corrected chi connectivity index (χ3v) is 4.85. The quantitative estimate of drug-likeness (QED) is 0.800. The zero-order valence-corrected chi connectivity index (χ0v) is 15.7. The van der Waals surface area contributed by atoms with Crippen molar-refractivity contribution in [3.8, 4) is 0 Å². The maximum Gasteiger partial charge on any atom is 0.253 e. The predicted octanol–water partition coefficient (Wildman–Crippen LogP) is 0.504. The summed E-state index contributed by atoms with van der Waals surface area (Å²) >= 11 is 0. The van der Waals surface area contributed by atoms with Crippen molar-refractivity contribution in [2.45, 2.75) is 18.9 Å². The molecule has 3 rings (SSSR count). The van der Waals surface area contributed by atoms with Crippen molar-refractivity contribution in [3.05, 3.63) is 35.4 Å². The first-order chi connectivity index (χ1) is 12.1. The minimum absolute atomic E-state index is 0. The summed E-state index contributed by atoms with van der Waals surface area (Å²) in [5.74, 6) is -0.192. The minimum Gasteiger partial charge on any atom is -0.355 e. The second kappa shape index (κ2) is 9.00. The average Bonchev–Trinajstić information content (AvgIpc) is 2.67. The van der Waals surface area contributed by atoms with E-state index < -0.39 is 0 Å². The van der Waals surface area contributed by atoms with E-state index in [0.29, 0.717) is 37.3 Å². The van der Waals surface area contributed by atoms with Crippen LogP contribution in [-0.4, -0.2) is 73.3 Å². The van der Waals surface area contributed by atoms with Gasteiger partial charge in [-0.2, -0.15) is 0 Å². The van der Waals surface area contributed by atoms with Crippen LogP contribution in [0, 0.1) is 0 Å². The van der Waals surface area contributed by atoms with E-state index in [-0.39, 0.29) is 36.2 Å². The molecule has 3 amide bonds. The molecule has 2 aliphatic heterocycles. The average molecular weight is 381 g/mol. The first-order valence-corrected chi connectivity index (χ1v) is 8.71. The summed E-state index contributed by atoms with van der Waals surface area (Å²) in [6, 6.07) is 6.84. The number of hydrogen-bond donors (Lipinski definition) is 2. The van der Waals surface area contributed by atoms with Crippen LogP contribution in [0.5, 0.6) is 0 Å². The van der Waals surface area contributed by atoms with Crippen LogP contribution in [0.3, 0.4) is 0 Å². The fourth-order valence-corrected chi connectivity index (χ4v) is 3.52. The second-order valence-electron chi connectivity index (χ2n) is 6.47. The van der Waals surface area contributed by atoms with Crippen molar-refractivity contribution in [1.29, 1.82) is 0 Å². The summed E-state index contributed by atoms with van der Waals surface area (Å²) in [6.07, 6.45) is 1.80. The zero-order chi connectivity index (χ0) is 17.8. The molecule has 0 saturated carbocycles. The molecule has 0 aliphatic carbocycles. The lowest BCUT2D eigenvalue weighted by molar-refractivity contribution is -0.135. The molecular formula is C18H25ClN4O3. The molecule has 0 radical (unpaired) electrons. The molecule has 1 atom stereocenters. The van der Waals surface area contributed by atoms with E-state index in [1.165, 1.54) is 0 Å². The van der Waals surface area contributed by atoms with Crippen molar-refractivity contribution in [3.63, 3.8) is 0 Å². The maximum absolute atomic E-state index is 12.9. The Balaban J connectivity index is 0.00000243. The highest BCUT2D eigenvalue weighted by atomic mass is 35.5. The molecule has 1 aromatic carbocycles. The SMILES string of the molecule is CNC(=O)c1cccc(C(=O)N2CCCC(N3CCNCC3=O)C2)c1.Cl. The van der Waals surface area contributed by atoms with Gasteiger partial charge in [0.2, 0.25) is 5.91 Å². The maximum atomic E-state index is 12.9. The van der Waals surface area contributed by atoms with Crippen LogP contribution in [0.2, 0.25) is 0 Å². The second-order valence-corrected chi connectivity index (χ2v) is 6.47. The van der Waals surface area contributed by atoms with Crippen molar-refractivity contribution in [2.24, 2.45) is 0 Å². The summed E-state index contributed by atoms with van der Waals surface area (Å²) in [5.41, 5.74) is 0.979. The van der Waals surface area contributed by atoms with Crippen molar-refractivity contribution in [1.82, 2.24) is 20.4 Å². The van der Waals surface area contributed by atoms with Crippen molar-refractivity contribution < 1.29 is 14.4 Å². The van der Waals surface area contributed by atoms with E-state index in [4.69, 9.17) is 0 Å². The standard InChI is InChI=1S/C18H24N4O3.ClH/c1-19-17(24)13-4-2-5-14(10-13)18(25)21-8-3-6-15(12-21)22-9-7-20-11-16(22)23;/h2,4-5,10,15,20H,3,6-9,11-12H2,1H3,(H,19,24);1H. The molecule has 2 aliphatic rings. The fourth-order valence-electron chi connectivity index (χ4n) is 3.52. The van der Waals surface area contributed by atoms with Gasteiger partial charge in [0, 0.05) is 50.4 Å². The third-order valence-electron chi connectivity index (χ3n) is 4.85. The molecule has 1 unspecified atom stereocenters. The number of halogens is 1. The molecule has 1 aromatic rings. The van der Waals surface area contributed by atoms with Crippen LogP contribution >= 0.6 is 12.4 Å². The largest absolute Gasteiger partial charge is 0.355 e. The number of amides is 3. The molecule has 7 nitrogen and oxygen atoms in total. The van der Waals surface area contributed by atoms with Crippen LogP contribution in [0.4, 0.5) is 0 Å². The Bertz CT molecular complexity index is 682. The van der Waals surface area contributed by atoms with Gasteiger partial charge in [-0.05, 0) is 31.0 Å². The highest BCUT2D eigenvalue weighted by molar-refractivity contribution is 5.99. The third kappa shape index (κ3) is 4.34. The molecule has 2 heterocycles. The summed E-state index contributed by atoms with van der Waals surface area (Å²) < 4.78 is 0. The lowest BCUT2D eigenvalue weighted by Crippen LogP contribution is -2.57. The molecule has 142 valence electrons. The highest BCUT2D eigenvalue weighted by Crippen LogP contribution is 2.19. The van der Waals surface area contributed by atoms with Gasteiger partial charge in [0.25, 0.3) is 11.8 Å². The van der Waals surface area contributed by atoms with E-state index in [1.807, 2.05) is 4.90 Å². The Labute approximate surface area is 159 Å². The Kier molecular flexibility index (Phi) is 6.99. The fraction of sp³-hybridized carbons (Fsp3) is 0.500. The Hall–Kier alpha value is -2.12. The predicted molar refractivity (Wildman–Crippen MR) is 101 cm³/mol. The van der Waals surface area contributed by atoms with Gasteiger partial charge in [0.15, 0.2) is 0 Å². The molecule has 2 N–H and O–H groups in total. The van der Waals surface area contributed by atoms with Gasteiger partial charge in [0.05, 0.1) is 6.54 Å². The molecule has 2 fully saturated rings. The highest BCUT2D eigenvalue weighted by Gasteiger charge is 2.32. The smallest absolute Gasteiger partial charge is 0.253 e. The first kappa shape index (κ1) is 20.2. The summed E-state index contributed by atoms with van der Waals surface area (Å²) in [5, 5.41) is 5.64. The number of carbonyl (C=O) groups excluding carboxylic acids is 3. The lowest BCUT2D eigenvalue weighted by Gasteiger charge is -2.41. The summed E-state index contributed by atoms with van der Waals surface area (Å²) in [4.78, 5) is 40.4. The number of piperidine rings is 1. The molecule has 2 saturated heterocycles. The molecule has 0 aromatic heterocycles. The van der Waals surface area contributed by atoms with E-state index >= 15 is 0 Å². The Morgan fingerprint density at radius 3 is 2.73 bits per heavy atom. The Morgan fingerprint density at radius 1 is 1.23 bits per heavy atom. The van der Waals surface area contributed by atoms with E-state index in [2.05, 4.69) is 10.6 Å². The Morgan fingerprint density at radius 2 is 2.00 bits per heavy atom. The van der Waals surface area contributed by atoms with Gasteiger partial charge in [-0.1, -0.05) is 6.07 Å². The summed E-state index contributed by atoms with van der Waals surface area (Å²) in [6.45, 7) is 3.09. The van der Waals surface area contributed by atoms with Gasteiger partial charge in [-0.3, -0.25) is 14.4 Å². The number of rotatable bonds is 3. The van der Waals surface area contributed by atoms with Crippen molar-refractivity contribution >= 4 is 30.1 Å². The number of nitrogens with zero attached hydrogens (tertiary/aromatic N) is 2. The van der Waals surface area contributed by atoms with E-state index in [9.17, 15) is 14.4 Å². The minimum atomic E-state index is -0.211. The molecular weight excluding hydrogens is 356 g/mol. The topological polar surface area (TPSA) is 81.8 Å². The van der Waals surface area contributed by atoms with Crippen LogP contribution in [-0.2, 0) is 4.79 Å². The van der Waals surface area contributed by atoms with Gasteiger partial charge in [-0.15, -0.1) is 12.4 Å².